The molecule has 0 bridgehead atoms. The van der Waals surface area contributed by atoms with E-state index in [4.69, 9.17) is 5.73 Å². The number of aromatic nitrogens is 1. The fraction of sp³-hybridized carbons (Fsp3) is 0.615. The molecule has 1 aromatic heterocycles. The maximum atomic E-state index is 6.04. The van der Waals surface area contributed by atoms with E-state index in [9.17, 15) is 0 Å². The van der Waals surface area contributed by atoms with Gasteiger partial charge in [0.05, 0.1) is 5.69 Å². The average Bonchev–Trinajstić information content (AvgIpc) is 2.15. The van der Waals surface area contributed by atoms with Crippen molar-refractivity contribution < 1.29 is 0 Å². The fourth-order valence-corrected chi connectivity index (χ4v) is 2.45. The number of piperidine rings is 1. The highest BCUT2D eigenvalue weighted by Gasteiger charge is 2.27. The van der Waals surface area contributed by atoms with E-state index in [0.717, 1.165) is 30.2 Å². The van der Waals surface area contributed by atoms with Gasteiger partial charge in [0.2, 0.25) is 0 Å². The lowest BCUT2D eigenvalue weighted by Gasteiger charge is -2.39. The van der Waals surface area contributed by atoms with Gasteiger partial charge in [-0.3, -0.25) is 0 Å². The van der Waals surface area contributed by atoms with E-state index < -0.39 is 0 Å². The molecule has 3 nitrogen and oxygen atoms in total. The summed E-state index contributed by atoms with van der Waals surface area (Å²) >= 11 is 0. The Morgan fingerprint density at radius 3 is 2.81 bits per heavy atom. The van der Waals surface area contributed by atoms with Gasteiger partial charge in [0.1, 0.15) is 0 Å². The second kappa shape index (κ2) is 3.96. The Morgan fingerprint density at radius 1 is 1.44 bits per heavy atom. The highest BCUT2D eigenvalue weighted by molar-refractivity contribution is 5.63. The zero-order valence-electron chi connectivity index (χ0n) is 10.5. The molecule has 0 amide bonds. The number of rotatable bonds is 1. The number of hydrogen-bond donors (Lipinski definition) is 1. The highest BCUT2D eigenvalue weighted by Crippen LogP contribution is 2.32. The van der Waals surface area contributed by atoms with Crippen molar-refractivity contribution in [2.45, 2.75) is 33.6 Å². The second-order valence-corrected chi connectivity index (χ2v) is 5.61. The topological polar surface area (TPSA) is 42.2 Å². The van der Waals surface area contributed by atoms with E-state index in [1.54, 1.807) is 0 Å². The smallest absolute Gasteiger partial charge is 0.151 e. The lowest BCUT2D eigenvalue weighted by molar-refractivity contribution is 0.292. The lowest BCUT2D eigenvalue weighted by atomic mass is 9.84. The fourth-order valence-electron chi connectivity index (χ4n) is 2.45. The monoisotopic (exact) mass is 219 g/mol. The molecule has 16 heavy (non-hydrogen) atoms. The Kier molecular flexibility index (Phi) is 2.78. The molecule has 0 spiro atoms. The summed E-state index contributed by atoms with van der Waals surface area (Å²) in [6.45, 7) is 8.76. The normalized spacial score (nSPS) is 19.8. The van der Waals surface area contributed by atoms with E-state index in [0.29, 0.717) is 5.41 Å². The van der Waals surface area contributed by atoms with Gasteiger partial charge < -0.3 is 10.6 Å². The summed E-state index contributed by atoms with van der Waals surface area (Å²) in [5.74, 6) is 0.957. The summed E-state index contributed by atoms with van der Waals surface area (Å²) in [4.78, 5) is 6.79. The molecule has 0 atom stereocenters. The molecule has 0 aromatic carbocycles. The van der Waals surface area contributed by atoms with Crippen LogP contribution in [0, 0.1) is 12.3 Å². The van der Waals surface area contributed by atoms with Crippen LogP contribution in [0.1, 0.15) is 32.3 Å². The second-order valence-electron chi connectivity index (χ2n) is 5.61. The lowest BCUT2D eigenvalue weighted by Crippen LogP contribution is -2.40. The number of anilines is 2. The maximum absolute atomic E-state index is 6.04. The van der Waals surface area contributed by atoms with Gasteiger partial charge in [0.15, 0.2) is 5.82 Å². The standard InChI is InChI=1S/C13H21N3/c1-10-7-11(14)12(15-8-10)16-6-4-5-13(2,3)9-16/h7-8H,4-6,9,14H2,1-3H3. The third kappa shape index (κ3) is 2.29. The van der Waals surface area contributed by atoms with Crippen molar-refractivity contribution in [2.24, 2.45) is 5.41 Å². The Bertz CT molecular complexity index is 385. The van der Waals surface area contributed by atoms with Gasteiger partial charge in [0, 0.05) is 19.3 Å². The van der Waals surface area contributed by atoms with Gasteiger partial charge in [-0.1, -0.05) is 13.8 Å². The first-order valence-electron chi connectivity index (χ1n) is 5.95. The third-order valence-corrected chi connectivity index (χ3v) is 3.23. The molecule has 2 N–H and O–H groups in total. The zero-order chi connectivity index (χ0) is 11.8. The summed E-state index contributed by atoms with van der Waals surface area (Å²) in [7, 11) is 0. The van der Waals surface area contributed by atoms with E-state index in [-0.39, 0.29) is 0 Å². The summed E-state index contributed by atoms with van der Waals surface area (Å²) in [5.41, 5.74) is 8.34. The number of nitrogen functional groups attached to an aromatic ring is 1. The van der Waals surface area contributed by atoms with Crippen LogP contribution in [0.25, 0.3) is 0 Å². The van der Waals surface area contributed by atoms with Crippen LogP contribution in [0.15, 0.2) is 12.3 Å². The van der Waals surface area contributed by atoms with Crippen molar-refractivity contribution in [3.63, 3.8) is 0 Å². The first-order chi connectivity index (χ1) is 7.48. The van der Waals surface area contributed by atoms with Gasteiger partial charge in [-0.15, -0.1) is 0 Å². The van der Waals surface area contributed by atoms with Crippen molar-refractivity contribution in [1.29, 1.82) is 0 Å². The van der Waals surface area contributed by atoms with Gasteiger partial charge in [-0.05, 0) is 36.8 Å². The van der Waals surface area contributed by atoms with Crippen LogP contribution in [0.2, 0.25) is 0 Å². The SMILES string of the molecule is Cc1cnc(N2CCCC(C)(C)C2)c(N)c1. The maximum Gasteiger partial charge on any atom is 0.151 e. The molecular weight excluding hydrogens is 198 g/mol. The molecule has 88 valence electrons. The van der Waals surface area contributed by atoms with Crippen LogP contribution in [0.5, 0.6) is 0 Å². The summed E-state index contributed by atoms with van der Waals surface area (Å²) in [6.07, 6.45) is 4.41. The molecule has 0 saturated carbocycles. The first kappa shape index (κ1) is 11.2. The molecule has 0 aliphatic carbocycles. The number of nitrogens with zero attached hydrogens (tertiary/aromatic N) is 2. The number of hydrogen-bond acceptors (Lipinski definition) is 3. The third-order valence-electron chi connectivity index (χ3n) is 3.23. The van der Waals surface area contributed by atoms with E-state index in [2.05, 4.69) is 23.7 Å². The van der Waals surface area contributed by atoms with Crippen LogP contribution in [0.3, 0.4) is 0 Å². The van der Waals surface area contributed by atoms with Crippen LogP contribution in [0.4, 0.5) is 11.5 Å². The molecule has 1 aromatic rings. The number of aryl methyl sites for hydroxylation is 1. The minimum absolute atomic E-state index is 0.372. The molecule has 1 aliphatic heterocycles. The van der Waals surface area contributed by atoms with Gasteiger partial charge in [-0.25, -0.2) is 4.98 Å². The van der Waals surface area contributed by atoms with Gasteiger partial charge in [-0.2, -0.15) is 0 Å². The van der Waals surface area contributed by atoms with E-state index in [1.165, 1.54) is 12.8 Å². The molecule has 1 aliphatic rings. The van der Waals surface area contributed by atoms with E-state index in [1.807, 2.05) is 19.2 Å². The molecule has 2 heterocycles. The van der Waals surface area contributed by atoms with Crippen molar-refractivity contribution in [3.8, 4) is 0 Å². The molecule has 0 unspecified atom stereocenters. The summed E-state index contributed by atoms with van der Waals surface area (Å²) in [6, 6.07) is 2.00. The first-order valence-corrected chi connectivity index (χ1v) is 5.95. The van der Waals surface area contributed by atoms with E-state index >= 15 is 0 Å². The zero-order valence-corrected chi connectivity index (χ0v) is 10.5. The van der Waals surface area contributed by atoms with Crippen LogP contribution in [-0.2, 0) is 0 Å². The quantitative estimate of drug-likeness (QED) is 0.789. The van der Waals surface area contributed by atoms with Crippen molar-refractivity contribution >= 4 is 11.5 Å². The molecule has 3 heteroatoms. The molecule has 1 saturated heterocycles. The Morgan fingerprint density at radius 2 is 2.19 bits per heavy atom. The largest absolute Gasteiger partial charge is 0.396 e. The highest BCUT2D eigenvalue weighted by atomic mass is 15.2. The minimum Gasteiger partial charge on any atom is -0.396 e. The molecule has 1 fully saturated rings. The predicted molar refractivity (Wildman–Crippen MR) is 68.6 cm³/mol. The predicted octanol–water partition coefficient (Wildman–Crippen LogP) is 2.60. The van der Waals surface area contributed by atoms with Gasteiger partial charge >= 0.3 is 0 Å². The number of nitrogens with two attached hydrogens (primary N) is 1. The average molecular weight is 219 g/mol. The summed E-state index contributed by atoms with van der Waals surface area (Å²) < 4.78 is 0. The van der Waals surface area contributed by atoms with Crippen molar-refractivity contribution in [2.75, 3.05) is 23.7 Å². The van der Waals surface area contributed by atoms with Crippen LogP contribution < -0.4 is 10.6 Å². The van der Waals surface area contributed by atoms with Gasteiger partial charge in [0.25, 0.3) is 0 Å². The van der Waals surface area contributed by atoms with Crippen LogP contribution >= 0.6 is 0 Å². The van der Waals surface area contributed by atoms with Crippen molar-refractivity contribution in [1.82, 2.24) is 4.98 Å². The molecule has 0 radical (unpaired) electrons. The Balaban J connectivity index is 2.23. The summed E-state index contributed by atoms with van der Waals surface area (Å²) in [5, 5.41) is 0. The van der Waals surface area contributed by atoms with Crippen molar-refractivity contribution in [3.05, 3.63) is 17.8 Å². The Labute approximate surface area is 97.7 Å². The van der Waals surface area contributed by atoms with Crippen LogP contribution in [-0.4, -0.2) is 18.1 Å². The minimum atomic E-state index is 0.372. The molecular formula is C13H21N3. The Hall–Kier alpha value is -1.25. The number of pyridine rings is 1. The molecule has 2 rings (SSSR count).